The van der Waals surface area contributed by atoms with Crippen molar-refractivity contribution in [3.8, 4) is 5.69 Å². The van der Waals surface area contributed by atoms with Crippen molar-refractivity contribution in [1.82, 2.24) is 25.5 Å². The first-order valence-electron chi connectivity index (χ1n) is 6.09. The van der Waals surface area contributed by atoms with Crippen LogP contribution in [0, 0.1) is 0 Å². The minimum absolute atomic E-state index is 0.330. The molecule has 8 nitrogen and oxygen atoms in total. The summed E-state index contributed by atoms with van der Waals surface area (Å²) in [5.74, 6) is -0.958. The van der Waals surface area contributed by atoms with E-state index < -0.39 is 5.97 Å². The number of nitrogens with zero attached hydrogens (tertiary/aromatic N) is 4. The summed E-state index contributed by atoms with van der Waals surface area (Å²) in [6.07, 6.45) is 2.98. The highest BCUT2D eigenvalue weighted by Gasteiger charge is 2.10. The topological polar surface area (TPSA) is 99.0 Å². The summed E-state index contributed by atoms with van der Waals surface area (Å²) in [4.78, 5) is 23.0. The van der Waals surface area contributed by atoms with Gasteiger partial charge in [0.15, 0.2) is 6.61 Å². The van der Waals surface area contributed by atoms with E-state index in [2.05, 4.69) is 27.4 Å². The summed E-state index contributed by atoms with van der Waals surface area (Å²) < 4.78 is 6.34. The highest BCUT2D eigenvalue weighted by molar-refractivity contribution is 5.91. The van der Waals surface area contributed by atoms with Crippen molar-refractivity contribution in [3.05, 3.63) is 48.8 Å². The van der Waals surface area contributed by atoms with Crippen LogP contribution in [0.5, 0.6) is 0 Å². The summed E-state index contributed by atoms with van der Waals surface area (Å²) in [6, 6.07) is 6.48. The van der Waals surface area contributed by atoms with E-state index in [-0.39, 0.29) is 12.5 Å². The number of amides is 1. The molecule has 1 heterocycles. The molecule has 1 aromatic heterocycles. The number of carbonyl (C=O) groups excluding carboxylic acids is 2. The van der Waals surface area contributed by atoms with Crippen LogP contribution in [-0.4, -0.2) is 45.2 Å². The first-order valence-corrected chi connectivity index (χ1v) is 6.09. The van der Waals surface area contributed by atoms with Crippen molar-refractivity contribution in [2.75, 3.05) is 13.2 Å². The molecule has 2 aromatic rings. The predicted octanol–water partition coefficient (Wildman–Crippen LogP) is 0.121. The second-order valence-corrected chi connectivity index (χ2v) is 3.97. The van der Waals surface area contributed by atoms with E-state index in [9.17, 15) is 9.59 Å². The Bertz CT molecular complexity index is 622. The molecule has 2 rings (SSSR count). The monoisotopic (exact) mass is 287 g/mol. The van der Waals surface area contributed by atoms with Gasteiger partial charge >= 0.3 is 5.97 Å². The third-order valence-corrected chi connectivity index (χ3v) is 2.49. The van der Waals surface area contributed by atoms with E-state index in [1.54, 1.807) is 24.3 Å². The number of nitrogens with one attached hydrogen (secondary N) is 1. The smallest absolute Gasteiger partial charge is 0.338 e. The third-order valence-electron chi connectivity index (χ3n) is 2.49. The van der Waals surface area contributed by atoms with E-state index in [1.807, 2.05) is 0 Å². The van der Waals surface area contributed by atoms with Gasteiger partial charge in [0, 0.05) is 6.54 Å². The lowest BCUT2D eigenvalue weighted by Gasteiger charge is -2.05. The molecule has 0 aliphatic heterocycles. The van der Waals surface area contributed by atoms with Gasteiger partial charge in [0.1, 0.15) is 6.33 Å². The van der Waals surface area contributed by atoms with Crippen LogP contribution in [0.3, 0.4) is 0 Å². The molecule has 0 unspecified atom stereocenters. The molecular weight excluding hydrogens is 274 g/mol. The number of tetrazole rings is 1. The molecule has 1 amide bonds. The van der Waals surface area contributed by atoms with Crippen molar-refractivity contribution < 1.29 is 14.3 Å². The van der Waals surface area contributed by atoms with Gasteiger partial charge in [-0.2, -0.15) is 0 Å². The number of rotatable bonds is 6. The van der Waals surface area contributed by atoms with E-state index in [1.165, 1.54) is 17.1 Å². The van der Waals surface area contributed by atoms with Gasteiger partial charge < -0.3 is 10.1 Å². The Morgan fingerprint density at radius 1 is 1.33 bits per heavy atom. The van der Waals surface area contributed by atoms with Crippen LogP contribution in [0.4, 0.5) is 0 Å². The Labute approximate surface area is 120 Å². The van der Waals surface area contributed by atoms with Gasteiger partial charge in [0.2, 0.25) is 0 Å². The van der Waals surface area contributed by atoms with Crippen LogP contribution < -0.4 is 5.32 Å². The molecule has 1 aromatic carbocycles. The van der Waals surface area contributed by atoms with Crippen molar-refractivity contribution in [1.29, 1.82) is 0 Å². The second kappa shape index (κ2) is 6.94. The quantitative estimate of drug-likeness (QED) is 0.598. The Hall–Kier alpha value is -3.03. The van der Waals surface area contributed by atoms with E-state index in [4.69, 9.17) is 4.74 Å². The maximum Gasteiger partial charge on any atom is 0.338 e. The van der Waals surface area contributed by atoms with E-state index in [0.717, 1.165) is 0 Å². The average molecular weight is 287 g/mol. The standard InChI is InChI=1S/C13H13N5O3/c1-2-7-14-12(19)8-21-13(20)10-3-5-11(6-4-10)18-9-15-16-17-18/h2-6,9H,1,7-8H2,(H,14,19). The van der Waals surface area contributed by atoms with Crippen LogP contribution in [0.1, 0.15) is 10.4 Å². The second-order valence-electron chi connectivity index (χ2n) is 3.97. The SMILES string of the molecule is C=CCNC(=O)COC(=O)c1ccc(-n2cnnn2)cc1. The molecule has 21 heavy (non-hydrogen) atoms. The summed E-state index contributed by atoms with van der Waals surface area (Å²) >= 11 is 0. The number of aromatic nitrogens is 4. The van der Waals surface area contributed by atoms with E-state index >= 15 is 0 Å². The number of hydrogen-bond donors (Lipinski definition) is 1. The number of benzene rings is 1. The highest BCUT2D eigenvalue weighted by Crippen LogP contribution is 2.08. The van der Waals surface area contributed by atoms with Crippen LogP contribution in [0.25, 0.3) is 5.69 Å². The summed E-state index contributed by atoms with van der Waals surface area (Å²) in [5.41, 5.74) is 1.05. The molecule has 0 radical (unpaired) electrons. The lowest BCUT2D eigenvalue weighted by Crippen LogP contribution is -2.28. The molecule has 0 saturated carbocycles. The van der Waals surface area contributed by atoms with Gasteiger partial charge in [-0.1, -0.05) is 6.08 Å². The van der Waals surface area contributed by atoms with Crippen molar-refractivity contribution in [3.63, 3.8) is 0 Å². The zero-order valence-corrected chi connectivity index (χ0v) is 11.1. The van der Waals surface area contributed by atoms with Gasteiger partial charge in [-0.15, -0.1) is 11.7 Å². The van der Waals surface area contributed by atoms with Crippen LogP contribution in [0.15, 0.2) is 43.2 Å². The van der Waals surface area contributed by atoms with Crippen LogP contribution in [-0.2, 0) is 9.53 Å². The van der Waals surface area contributed by atoms with Crippen molar-refractivity contribution >= 4 is 11.9 Å². The predicted molar refractivity (Wildman–Crippen MR) is 72.6 cm³/mol. The zero-order chi connectivity index (χ0) is 15.1. The molecule has 0 aliphatic carbocycles. The fourth-order valence-electron chi connectivity index (χ4n) is 1.48. The number of carbonyl (C=O) groups is 2. The number of ether oxygens (including phenoxy) is 1. The Morgan fingerprint density at radius 2 is 2.10 bits per heavy atom. The lowest BCUT2D eigenvalue weighted by atomic mass is 10.2. The van der Waals surface area contributed by atoms with Gasteiger partial charge in [0.25, 0.3) is 5.91 Å². The van der Waals surface area contributed by atoms with Gasteiger partial charge in [-0.25, -0.2) is 9.48 Å². The van der Waals surface area contributed by atoms with Gasteiger partial charge in [-0.3, -0.25) is 4.79 Å². The largest absolute Gasteiger partial charge is 0.452 e. The molecule has 1 N–H and O–H groups in total. The molecule has 0 aliphatic rings. The average Bonchev–Trinajstić information content (AvgIpc) is 3.05. The first kappa shape index (κ1) is 14.4. The molecule has 0 fully saturated rings. The molecule has 0 spiro atoms. The summed E-state index contributed by atoms with van der Waals surface area (Å²) in [6.45, 7) is 3.46. The normalized spacial score (nSPS) is 9.90. The fraction of sp³-hybridized carbons (Fsp3) is 0.154. The van der Waals surface area contributed by atoms with Crippen LogP contribution in [0.2, 0.25) is 0 Å². The van der Waals surface area contributed by atoms with Crippen LogP contribution >= 0.6 is 0 Å². The molecule has 8 heteroatoms. The number of esters is 1. The highest BCUT2D eigenvalue weighted by atomic mass is 16.5. The molecule has 0 bridgehead atoms. The molecule has 0 saturated heterocycles. The van der Waals surface area contributed by atoms with Gasteiger partial charge in [0.05, 0.1) is 11.3 Å². The zero-order valence-electron chi connectivity index (χ0n) is 11.1. The molecule has 108 valence electrons. The molecular formula is C13H13N5O3. The summed E-state index contributed by atoms with van der Waals surface area (Å²) in [5, 5.41) is 13.3. The first-order chi connectivity index (χ1) is 10.2. The minimum atomic E-state index is -0.577. The van der Waals surface area contributed by atoms with Gasteiger partial charge in [-0.05, 0) is 34.7 Å². The number of hydrogen-bond acceptors (Lipinski definition) is 6. The Morgan fingerprint density at radius 3 is 2.71 bits per heavy atom. The van der Waals surface area contributed by atoms with Crippen molar-refractivity contribution in [2.24, 2.45) is 0 Å². The third kappa shape index (κ3) is 3.96. The lowest BCUT2D eigenvalue weighted by molar-refractivity contribution is -0.124. The van der Waals surface area contributed by atoms with E-state index in [0.29, 0.717) is 17.8 Å². The maximum atomic E-state index is 11.8. The fourth-order valence-corrected chi connectivity index (χ4v) is 1.48. The molecule has 0 atom stereocenters. The minimum Gasteiger partial charge on any atom is -0.452 e. The van der Waals surface area contributed by atoms with Crippen molar-refractivity contribution in [2.45, 2.75) is 0 Å². The maximum absolute atomic E-state index is 11.8. The Balaban J connectivity index is 1.91. The Kier molecular flexibility index (Phi) is 4.75. The summed E-state index contributed by atoms with van der Waals surface area (Å²) in [7, 11) is 0.